The fraction of sp³-hybridized carbons (Fsp3) is 0.500. The van der Waals surface area contributed by atoms with Gasteiger partial charge < -0.3 is 10.2 Å². The topological polar surface area (TPSA) is 69.7 Å². The van der Waals surface area contributed by atoms with E-state index in [1.807, 2.05) is 4.90 Å². The Morgan fingerprint density at radius 3 is 2.62 bits per heavy atom. The summed E-state index contributed by atoms with van der Waals surface area (Å²) in [5.41, 5.74) is -0.848. The third-order valence-corrected chi connectivity index (χ3v) is 4.33. The highest BCUT2D eigenvalue weighted by Gasteiger charge is 2.33. The molecule has 3 heterocycles. The highest BCUT2D eigenvalue weighted by molar-refractivity contribution is 9.10. The lowest BCUT2D eigenvalue weighted by atomic mass is 9.97. The van der Waals surface area contributed by atoms with Crippen LogP contribution in [0.3, 0.4) is 0 Å². The predicted molar refractivity (Wildman–Crippen MR) is 86.7 cm³/mol. The number of aromatic amines is 1. The second-order valence-electron chi connectivity index (χ2n) is 5.64. The van der Waals surface area contributed by atoms with Crippen molar-refractivity contribution in [3.8, 4) is 0 Å². The van der Waals surface area contributed by atoms with Crippen LogP contribution in [0.25, 0.3) is 0 Å². The number of H-pyrrole nitrogens is 1. The van der Waals surface area contributed by atoms with Gasteiger partial charge in [-0.15, -0.1) is 5.10 Å². The normalized spacial score (nSPS) is 16.4. The number of nitrogens with zero attached hydrogens (tertiary/aromatic N) is 4. The maximum absolute atomic E-state index is 12.8. The third-order valence-electron chi connectivity index (χ3n) is 3.98. The molecule has 0 radical (unpaired) electrons. The van der Waals surface area contributed by atoms with Gasteiger partial charge in [0.15, 0.2) is 0 Å². The third kappa shape index (κ3) is 4.16. The molecule has 0 atom stereocenters. The van der Waals surface area contributed by atoms with E-state index in [4.69, 9.17) is 0 Å². The summed E-state index contributed by atoms with van der Waals surface area (Å²) in [5.74, 6) is 1.41. The Kier molecular flexibility index (Phi) is 4.93. The van der Waals surface area contributed by atoms with E-state index in [-0.39, 0.29) is 0 Å². The smallest absolute Gasteiger partial charge is 0.357 e. The summed E-state index contributed by atoms with van der Waals surface area (Å²) < 4.78 is 38.8. The SMILES string of the molecule is FC(F)(F)c1cccc(N2CCC(CNc3nc(Br)n[nH]3)CC2)n1. The monoisotopic (exact) mass is 404 g/mol. The molecule has 2 aromatic heterocycles. The molecule has 1 aliphatic rings. The minimum Gasteiger partial charge on any atom is -0.357 e. The number of aromatic nitrogens is 4. The number of nitrogens with one attached hydrogen (secondary N) is 2. The number of hydrogen-bond donors (Lipinski definition) is 2. The molecular weight excluding hydrogens is 389 g/mol. The van der Waals surface area contributed by atoms with Gasteiger partial charge in [-0.25, -0.2) is 10.1 Å². The molecular formula is C14H16BrF3N6. The van der Waals surface area contributed by atoms with Gasteiger partial charge in [0.2, 0.25) is 10.7 Å². The molecule has 0 aliphatic carbocycles. The number of anilines is 2. The lowest BCUT2D eigenvalue weighted by molar-refractivity contribution is -0.141. The summed E-state index contributed by atoms with van der Waals surface area (Å²) in [4.78, 5) is 9.75. The van der Waals surface area contributed by atoms with Crippen LogP contribution in [-0.4, -0.2) is 39.8 Å². The summed E-state index contributed by atoms with van der Waals surface area (Å²) in [6.07, 6.45) is -2.66. The van der Waals surface area contributed by atoms with Crippen molar-refractivity contribution in [3.05, 3.63) is 28.6 Å². The Bertz CT molecular complexity index is 681. The number of halogens is 4. The van der Waals surface area contributed by atoms with Gasteiger partial charge in [-0.2, -0.15) is 18.2 Å². The van der Waals surface area contributed by atoms with Crippen LogP contribution >= 0.6 is 15.9 Å². The fourth-order valence-electron chi connectivity index (χ4n) is 2.68. The quantitative estimate of drug-likeness (QED) is 0.817. The number of piperidine rings is 1. The van der Waals surface area contributed by atoms with Crippen molar-refractivity contribution in [2.75, 3.05) is 29.9 Å². The molecule has 0 amide bonds. The molecule has 24 heavy (non-hydrogen) atoms. The van der Waals surface area contributed by atoms with Gasteiger partial charge in [0.1, 0.15) is 11.5 Å². The highest BCUT2D eigenvalue weighted by Crippen LogP contribution is 2.30. The molecule has 0 spiro atoms. The van der Waals surface area contributed by atoms with Gasteiger partial charge in [0.05, 0.1) is 0 Å². The molecule has 130 valence electrons. The van der Waals surface area contributed by atoms with E-state index in [0.29, 0.717) is 35.5 Å². The largest absolute Gasteiger partial charge is 0.433 e. The van der Waals surface area contributed by atoms with E-state index in [2.05, 4.69) is 41.4 Å². The lowest BCUT2D eigenvalue weighted by Crippen LogP contribution is -2.36. The molecule has 6 nitrogen and oxygen atoms in total. The molecule has 0 bridgehead atoms. The van der Waals surface area contributed by atoms with Crippen molar-refractivity contribution < 1.29 is 13.2 Å². The number of alkyl halides is 3. The summed E-state index contributed by atoms with van der Waals surface area (Å²) in [5, 5.41) is 9.80. The zero-order valence-electron chi connectivity index (χ0n) is 12.6. The standard InChI is InChI=1S/C14H16BrF3N6/c15-12-21-13(23-22-12)19-8-9-4-6-24(7-5-9)11-3-1-2-10(20-11)14(16,17)18/h1-3,9H,4-8H2,(H2,19,21,22,23). The minimum absolute atomic E-state index is 0.385. The molecule has 2 aromatic rings. The van der Waals surface area contributed by atoms with Gasteiger partial charge in [0, 0.05) is 19.6 Å². The molecule has 2 N–H and O–H groups in total. The second kappa shape index (κ2) is 6.96. The summed E-state index contributed by atoms with van der Waals surface area (Å²) in [7, 11) is 0. The predicted octanol–water partition coefficient (Wildman–Crippen LogP) is 3.31. The van der Waals surface area contributed by atoms with Crippen molar-refractivity contribution in [3.63, 3.8) is 0 Å². The second-order valence-corrected chi connectivity index (χ2v) is 6.35. The van der Waals surface area contributed by atoms with Gasteiger partial charge >= 0.3 is 6.18 Å². The van der Waals surface area contributed by atoms with Crippen LogP contribution in [0.5, 0.6) is 0 Å². The van der Waals surface area contributed by atoms with Crippen molar-refractivity contribution in [2.45, 2.75) is 19.0 Å². The first-order valence-electron chi connectivity index (χ1n) is 7.53. The highest BCUT2D eigenvalue weighted by atomic mass is 79.9. The molecule has 1 aliphatic heterocycles. The van der Waals surface area contributed by atoms with E-state index in [1.54, 1.807) is 6.07 Å². The molecule has 0 aromatic carbocycles. The van der Waals surface area contributed by atoms with Crippen molar-refractivity contribution >= 4 is 27.7 Å². The first kappa shape index (κ1) is 17.0. The summed E-state index contributed by atoms with van der Waals surface area (Å²) in [6.45, 7) is 2.10. The molecule has 0 unspecified atom stereocenters. The summed E-state index contributed by atoms with van der Waals surface area (Å²) in [6, 6.07) is 4.02. The van der Waals surface area contributed by atoms with E-state index in [1.165, 1.54) is 6.07 Å². The van der Waals surface area contributed by atoms with Gasteiger partial charge in [-0.05, 0) is 46.8 Å². The van der Waals surface area contributed by atoms with Gasteiger partial charge in [-0.1, -0.05) is 6.07 Å². The van der Waals surface area contributed by atoms with E-state index < -0.39 is 11.9 Å². The van der Waals surface area contributed by atoms with Crippen LogP contribution in [0.4, 0.5) is 24.9 Å². The Morgan fingerprint density at radius 2 is 2.00 bits per heavy atom. The van der Waals surface area contributed by atoms with Crippen molar-refractivity contribution in [1.29, 1.82) is 0 Å². The van der Waals surface area contributed by atoms with E-state index in [9.17, 15) is 13.2 Å². The molecule has 1 saturated heterocycles. The van der Waals surface area contributed by atoms with E-state index >= 15 is 0 Å². The first-order chi connectivity index (χ1) is 11.4. The molecule has 10 heteroatoms. The summed E-state index contributed by atoms with van der Waals surface area (Å²) >= 11 is 3.16. The zero-order valence-corrected chi connectivity index (χ0v) is 14.2. The van der Waals surface area contributed by atoms with Crippen LogP contribution in [0, 0.1) is 5.92 Å². The van der Waals surface area contributed by atoms with Crippen molar-refractivity contribution in [2.24, 2.45) is 5.92 Å². The van der Waals surface area contributed by atoms with Gasteiger partial charge in [-0.3, -0.25) is 0 Å². The average Bonchev–Trinajstić information content (AvgIpc) is 2.98. The maximum atomic E-state index is 12.8. The van der Waals surface area contributed by atoms with Crippen LogP contribution in [0.2, 0.25) is 0 Å². The Labute approximate surface area is 145 Å². The Hall–Kier alpha value is -1.84. The van der Waals surface area contributed by atoms with Crippen LogP contribution < -0.4 is 10.2 Å². The molecule has 3 rings (SSSR count). The number of rotatable bonds is 4. The minimum atomic E-state index is -4.41. The maximum Gasteiger partial charge on any atom is 0.433 e. The Balaban J connectivity index is 1.53. The van der Waals surface area contributed by atoms with Crippen LogP contribution in [0.15, 0.2) is 22.9 Å². The Morgan fingerprint density at radius 1 is 1.25 bits per heavy atom. The van der Waals surface area contributed by atoms with Crippen LogP contribution in [0.1, 0.15) is 18.5 Å². The number of hydrogen-bond acceptors (Lipinski definition) is 5. The fourth-order valence-corrected chi connectivity index (χ4v) is 2.95. The van der Waals surface area contributed by atoms with Crippen LogP contribution in [-0.2, 0) is 6.18 Å². The van der Waals surface area contributed by atoms with E-state index in [0.717, 1.165) is 25.5 Å². The number of pyridine rings is 1. The van der Waals surface area contributed by atoms with Crippen molar-refractivity contribution in [1.82, 2.24) is 20.2 Å². The average molecular weight is 405 g/mol. The zero-order chi connectivity index (χ0) is 17.2. The molecule has 0 saturated carbocycles. The first-order valence-corrected chi connectivity index (χ1v) is 8.32. The lowest BCUT2D eigenvalue weighted by Gasteiger charge is -2.33. The van der Waals surface area contributed by atoms with Gasteiger partial charge in [0.25, 0.3) is 0 Å². The molecule has 1 fully saturated rings.